The molecule has 37 heavy (non-hydrogen) atoms. The first-order valence-corrected chi connectivity index (χ1v) is 11.5. The normalized spacial score (nSPS) is 11.9. The molecule has 5 rings (SSSR count). The fourth-order valence-corrected chi connectivity index (χ4v) is 4.21. The maximum absolute atomic E-state index is 13.0. The molecule has 2 aromatic heterocycles. The lowest BCUT2D eigenvalue weighted by molar-refractivity contribution is -0.137. The van der Waals surface area contributed by atoms with Gasteiger partial charge in [-0.05, 0) is 60.2 Å². The number of hydrogen-bond donors (Lipinski definition) is 1. The fourth-order valence-electron chi connectivity index (χ4n) is 4.21. The molecule has 5 nitrogen and oxygen atoms in total. The molecule has 0 atom stereocenters. The second-order valence-corrected chi connectivity index (χ2v) is 8.41. The molecule has 186 valence electrons. The van der Waals surface area contributed by atoms with Gasteiger partial charge in [0.2, 0.25) is 5.91 Å². The van der Waals surface area contributed by atoms with Crippen molar-refractivity contribution in [3.63, 3.8) is 0 Å². The zero-order valence-electron chi connectivity index (χ0n) is 19.8. The monoisotopic (exact) mass is 501 g/mol. The van der Waals surface area contributed by atoms with Crippen LogP contribution in [-0.4, -0.2) is 22.6 Å². The Kier molecular flexibility index (Phi) is 6.40. The molecule has 0 fully saturated rings. The van der Waals surface area contributed by atoms with E-state index in [-0.39, 0.29) is 12.5 Å². The number of ether oxygens (including phenoxy) is 1. The number of hydrogen-bond acceptors (Lipinski definition) is 3. The summed E-state index contributed by atoms with van der Waals surface area (Å²) in [5.74, 6) is 0.479. The van der Waals surface area contributed by atoms with Gasteiger partial charge in [0.25, 0.3) is 0 Å². The van der Waals surface area contributed by atoms with E-state index in [1.165, 1.54) is 18.2 Å². The largest absolute Gasteiger partial charge is 0.497 e. The zero-order valence-corrected chi connectivity index (χ0v) is 19.8. The van der Waals surface area contributed by atoms with E-state index in [2.05, 4.69) is 10.3 Å². The summed E-state index contributed by atoms with van der Waals surface area (Å²) in [7, 11) is 1.59. The average Bonchev–Trinajstić information content (AvgIpc) is 3.24. The molecule has 0 unspecified atom stereocenters. The minimum Gasteiger partial charge on any atom is -0.497 e. The van der Waals surface area contributed by atoms with Gasteiger partial charge in [0.05, 0.1) is 42.1 Å². The van der Waals surface area contributed by atoms with Crippen LogP contribution in [0.1, 0.15) is 16.8 Å². The number of amides is 1. The Bertz CT molecular complexity index is 1600. The first kappa shape index (κ1) is 24.1. The average molecular weight is 502 g/mol. The maximum Gasteiger partial charge on any atom is 0.416 e. The molecular formula is C29H22F3N3O2. The number of fused-ring (bicyclic) bond motifs is 3. The second kappa shape index (κ2) is 9.81. The summed E-state index contributed by atoms with van der Waals surface area (Å²) in [6.45, 7) is 0.224. The van der Waals surface area contributed by atoms with Crippen LogP contribution in [-0.2, 0) is 17.5 Å². The summed E-state index contributed by atoms with van der Waals surface area (Å²) >= 11 is 0. The molecular weight excluding hydrogens is 479 g/mol. The SMILES string of the molecule is COc1ccc(/C=C/C(=O)NCc2cc3c4ccccc4n(-c4ccc(C(F)(F)F)cc4)c3cn2)cc1. The third-order valence-corrected chi connectivity index (χ3v) is 6.06. The molecule has 1 amide bonds. The lowest BCUT2D eigenvalue weighted by Crippen LogP contribution is -2.20. The zero-order chi connectivity index (χ0) is 26.0. The van der Waals surface area contributed by atoms with Crippen molar-refractivity contribution < 1.29 is 22.7 Å². The molecule has 0 bridgehead atoms. The van der Waals surface area contributed by atoms with Crippen molar-refractivity contribution in [2.24, 2.45) is 0 Å². The summed E-state index contributed by atoms with van der Waals surface area (Å²) in [5.41, 5.74) is 3.04. The molecule has 0 radical (unpaired) electrons. The summed E-state index contributed by atoms with van der Waals surface area (Å²) < 4.78 is 46.2. The number of nitrogens with zero attached hydrogens (tertiary/aromatic N) is 2. The van der Waals surface area contributed by atoms with Gasteiger partial charge in [0, 0.05) is 22.5 Å². The smallest absolute Gasteiger partial charge is 0.416 e. The van der Waals surface area contributed by atoms with E-state index in [1.54, 1.807) is 19.4 Å². The number of halogens is 3. The number of aromatic nitrogens is 2. The van der Waals surface area contributed by atoms with Crippen LogP contribution >= 0.6 is 0 Å². The first-order valence-electron chi connectivity index (χ1n) is 11.5. The molecule has 0 aliphatic heterocycles. The van der Waals surface area contributed by atoms with Gasteiger partial charge in [-0.2, -0.15) is 13.2 Å². The Morgan fingerprint density at radius 1 is 0.973 bits per heavy atom. The minimum absolute atomic E-state index is 0.224. The summed E-state index contributed by atoms with van der Waals surface area (Å²) in [6, 6.07) is 22.0. The van der Waals surface area contributed by atoms with Gasteiger partial charge in [0.15, 0.2) is 0 Å². The van der Waals surface area contributed by atoms with Crippen LogP contribution in [0.15, 0.2) is 91.1 Å². The lowest BCUT2D eigenvalue weighted by Gasteiger charge is -2.10. The Balaban J connectivity index is 1.39. The highest BCUT2D eigenvalue weighted by Gasteiger charge is 2.30. The number of rotatable bonds is 6. The van der Waals surface area contributed by atoms with Gasteiger partial charge in [0.1, 0.15) is 5.75 Å². The van der Waals surface area contributed by atoms with Gasteiger partial charge in [-0.1, -0.05) is 30.3 Å². The summed E-state index contributed by atoms with van der Waals surface area (Å²) in [5, 5.41) is 4.67. The predicted molar refractivity (Wildman–Crippen MR) is 137 cm³/mol. The molecule has 0 aliphatic rings. The Morgan fingerprint density at radius 2 is 1.70 bits per heavy atom. The van der Waals surface area contributed by atoms with Crippen LogP contribution in [0, 0.1) is 0 Å². The van der Waals surface area contributed by atoms with Crippen LogP contribution in [0.2, 0.25) is 0 Å². The Labute approximate surface area is 210 Å². The van der Waals surface area contributed by atoms with E-state index in [9.17, 15) is 18.0 Å². The lowest BCUT2D eigenvalue weighted by atomic mass is 10.1. The van der Waals surface area contributed by atoms with Crippen LogP contribution in [0.4, 0.5) is 13.2 Å². The number of benzene rings is 3. The van der Waals surface area contributed by atoms with Crippen LogP contribution in [0.25, 0.3) is 33.6 Å². The van der Waals surface area contributed by atoms with Crippen molar-refractivity contribution in [3.05, 3.63) is 108 Å². The van der Waals surface area contributed by atoms with E-state index in [4.69, 9.17) is 4.74 Å². The standard InChI is InChI=1S/C29H22F3N3O2/c1-37-23-13-6-19(7-14-23)8-15-28(36)34-17-21-16-25-24-4-2-3-5-26(24)35(27(25)18-33-21)22-11-9-20(10-12-22)29(30,31)32/h2-16,18H,17H2,1H3,(H,34,36)/b15-8+. The molecule has 0 spiro atoms. The minimum atomic E-state index is -4.40. The number of carbonyl (C=O) groups is 1. The van der Waals surface area contributed by atoms with E-state index in [1.807, 2.05) is 59.2 Å². The molecule has 8 heteroatoms. The molecule has 2 heterocycles. The highest BCUT2D eigenvalue weighted by atomic mass is 19.4. The molecule has 1 N–H and O–H groups in total. The molecule has 3 aromatic carbocycles. The van der Waals surface area contributed by atoms with Crippen LogP contribution in [0.3, 0.4) is 0 Å². The quantitative estimate of drug-likeness (QED) is 0.269. The molecule has 0 saturated heterocycles. The number of alkyl halides is 3. The predicted octanol–water partition coefficient (Wildman–Crippen LogP) is 6.54. The van der Waals surface area contributed by atoms with Gasteiger partial charge in [-0.15, -0.1) is 0 Å². The second-order valence-electron chi connectivity index (χ2n) is 8.41. The van der Waals surface area contributed by atoms with E-state index < -0.39 is 11.7 Å². The van der Waals surface area contributed by atoms with Gasteiger partial charge < -0.3 is 14.6 Å². The summed E-state index contributed by atoms with van der Waals surface area (Å²) in [4.78, 5) is 16.8. The molecule has 0 aliphatic carbocycles. The number of pyridine rings is 1. The van der Waals surface area contributed by atoms with Crippen LogP contribution < -0.4 is 10.1 Å². The highest BCUT2D eigenvalue weighted by Crippen LogP contribution is 2.34. The fraction of sp³-hybridized carbons (Fsp3) is 0.103. The van der Waals surface area contributed by atoms with E-state index in [0.717, 1.165) is 45.3 Å². The molecule has 5 aromatic rings. The molecule has 0 saturated carbocycles. The first-order chi connectivity index (χ1) is 17.8. The van der Waals surface area contributed by atoms with Crippen molar-refractivity contribution in [1.29, 1.82) is 0 Å². The van der Waals surface area contributed by atoms with E-state index in [0.29, 0.717) is 11.4 Å². The van der Waals surface area contributed by atoms with E-state index >= 15 is 0 Å². The Hall–Kier alpha value is -4.59. The number of methoxy groups -OCH3 is 1. The van der Waals surface area contributed by atoms with Crippen molar-refractivity contribution in [1.82, 2.24) is 14.9 Å². The van der Waals surface area contributed by atoms with Gasteiger partial charge >= 0.3 is 6.18 Å². The highest BCUT2D eigenvalue weighted by molar-refractivity contribution is 6.09. The topological polar surface area (TPSA) is 56.1 Å². The van der Waals surface area contributed by atoms with Crippen molar-refractivity contribution in [2.45, 2.75) is 12.7 Å². The number of nitrogens with one attached hydrogen (secondary N) is 1. The summed E-state index contributed by atoms with van der Waals surface area (Å²) in [6.07, 6.45) is 0.450. The van der Waals surface area contributed by atoms with Crippen LogP contribution in [0.5, 0.6) is 5.75 Å². The number of carbonyl (C=O) groups excluding carboxylic acids is 1. The third kappa shape index (κ3) is 5.04. The third-order valence-electron chi connectivity index (χ3n) is 6.06. The van der Waals surface area contributed by atoms with Gasteiger partial charge in [-0.25, -0.2) is 0 Å². The van der Waals surface area contributed by atoms with Crippen molar-refractivity contribution >= 4 is 33.8 Å². The Morgan fingerprint density at radius 3 is 2.41 bits per heavy atom. The van der Waals surface area contributed by atoms with Gasteiger partial charge in [-0.3, -0.25) is 9.78 Å². The van der Waals surface area contributed by atoms with Crippen molar-refractivity contribution in [2.75, 3.05) is 7.11 Å². The number of para-hydroxylation sites is 1. The maximum atomic E-state index is 13.0. The van der Waals surface area contributed by atoms with Crippen molar-refractivity contribution in [3.8, 4) is 11.4 Å².